The van der Waals surface area contributed by atoms with Crippen LogP contribution in [0.3, 0.4) is 0 Å². The van der Waals surface area contributed by atoms with Gasteiger partial charge in [-0.05, 0) is 50.1 Å². The normalized spacial score (nSPS) is 10.5. The molecule has 1 aromatic heterocycles. The van der Waals surface area contributed by atoms with Crippen molar-refractivity contribution < 1.29 is 14.4 Å². The molecule has 2 aromatic carbocycles. The third-order valence-electron chi connectivity index (χ3n) is 4.88. The Labute approximate surface area is 178 Å². The van der Waals surface area contributed by atoms with Crippen LogP contribution in [0.2, 0.25) is 0 Å². The van der Waals surface area contributed by atoms with Gasteiger partial charge in [-0.3, -0.25) is 30.0 Å². The van der Waals surface area contributed by atoms with Gasteiger partial charge in [0.2, 0.25) is 0 Å². The second kappa shape index (κ2) is 9.21. The van der Waals surface area contributed by atoms with E-state index in [-0.39, 0.29) is 17.8 Å². The summed E-state index contributed by atoms with van der Waals surface area (Å²) in [5, 5.41) is 7.34. The summed E-state index contributed by atoms with van der Waals surface area (Å²) < 4.78 is 1.18. The van der Waals surface area contributed by atoms with Crippen molar-refractivity contribution in [2.24, 2.45) is 0 Å². The van der Waals surface area contributed by atoms with Gasteiger partial charge in [0.15, 0.2) is 5.69 Å². The van der Waals surface area contributed by atoms with Crippen molar-refractivity contribution in [3.8, 4) is 0 Å². The average Bonchev–Trinajstić information content (AvgIpc) is 2.78. The monoisotopic (exact) mass is 421 g/mol. The van der Waals surface area contributed by atoms with Crippen LogP contribution < -0.4 is 21.7 Å². The zero-order valence-electron chi connectivity index (χ0n) is 17.5. The number of hydrogen-bond acceptors (Lipinski definition) is 5. The number of amides is 3. The van der Waals surface area contributed by atoms with E-state index in [0.717, 1.165) is 11.1 Å². The third kappa shape index (κ3) is 4.77. The molecule has 9 heteroatoms. The molecule has 0 saturated carbocycles. The van der Waals surface area contributed by atoms with E-state index in [1.807, 2.05) is 19.9 Å². The molecule has 3 N–H and O–H groups in total. The van der Waals surface area contributed by atoms with Crippen LogP contribution in [0.1, 0.15) is 38.9 Å². The fourth-order valence-electron chi connectivity index (χ4n) is 2.99. The minimum atomic E-state index is -0.674. The molecule has 31 heavy (non-hydrogen) atoms. The number of hydrogen-bond donors (Lipinski definition) is 3. The van der Waals surface area contributed by atoms with Gasteiger partial charge in [-0.1, -0.05) is 24.3 Å². The lowest BCUT2D eigenvalue weighted by atomic mass is 10.1. The Hall–Kier alpha value is -4.01. The van der Waals surface area contributed by atoms with Crippen molar-refractivity contribution in [3.05, 3.63) is 75.2 Å². The van der Waals surface area contributed by atoms with E-state index in [1.54, 1.807) is 43.3 Å². The van der Waals surface area contributed by atoms with Crippen molar-refractivity contribution in [3.63, 3.8) is 0 Å². The van der Waals surface area contributed by atoms with Crippen LogP contribution in [0.15, 0.2) is 47.3 Å². The van der Waals surface area contributed by atoms with Crippen LogP contribution in [-0.4, -0.2) is 34.0 Å². The summed E-state index contributed by atoms with van der Waals surface area (Å²) in [4.78, 5) is 49.2. The first-order chi connectivity index (χ1) is 14.8. The molecule has 0 fully saturated rings. The van der Waals surface area contributed by atoms with Crippen LogP contribution in [-0.2, 0) is 11.3 Å². The maximum atomic E-state index is 12.6. The van der Waals surface area contributed by atoms with Crippen LogP contribution in [0.25, 0.3) is 10.8 Å². The van der Waals surface area contributed by atoms with E-state index >= 15 is 0 Å². The molecule has 0 unspecified atom stereocenters. The number of carbonyl (C=O) groups is 3. The van der Waals surface area contributed by atoms with E-state index in [2.05, 4.69) is 21.3 Å². The van der Waals surface area contributed by atoms with Crippen LogP contribution in [0.5, 0.6) is 0 Å². The molecule has 0 aliphatic carbocycles. The molecular formula is C22H23N5O4. The molecule has 9 nitrogen and oxygen atoms in total. The van der Waals surface area contributed by atoms with E-state index in [4.69, 9.17) is 0 Å². The van der Waals surface area contributed by atoms with Gasteiger partial charge < -0.3 is 5.32 Å². The highest BCUT2D eigenvalue weighted by Gasteiger charge is 2.17. The Bertz CT molecular complexity index is 1230. The van der Waals surface area contributed by atoms with Crippen LogP contribution in [0.4, 0.5) is 0 Å². The molecule has 1 heterocycles. The first-order valence-corrected chi connectivity index (χ1v) is 9.76. The Morgan fingerprint density at radius 3 is 2.32 bits per heavy atom. The molecular weight excluding hydrogens is 398 g/mol. The second-order valence-electron chi connectivity index (χ2n) is 7.00. The summed E-state index contributed by atoms with van der Waals surface area (Å²) in [5.74, 6) is -1.68. The SMILES string of the molecule is CCn1nc(C(=O)NNC(=O)CNC(=O)c2ccc(C)c(C)c2)c2ccccc2c1=O. The van der Waals surface area contributed by atoms with Gasteiger partial charge in [-0.2, -0.15) is 5.10 Å². The maximum absolute atomic E-state index is 12.6. The Morgan fingerprint density at radius 1 is 0.935 bits per heavy atom. The van der Waals surface area contributed by atoms with Crippen molar-refractivity contribution in [2.75, 3.05) is 6.54 Å². The van der Waals surface area contributed by atoms with Gasteiger partial charge in [-0.25, -0.2) is 4.68 Å². The molecule has 0 aliphatic heterocycles. The zero-order chi connectivity index (χ0) is 22.5. The fourth-order valence-corrected chi connectivity index (χ4v) is 2.99. The minimum absolute atomic E-state index is 0.0107. The lowest BCUT2D eigenvalue weighted by Gasteiger charge is -2.11. The first-order valence-electron chi connectivity index (χ1n) is 9.76. The van der Waals surface area contributed by atoms with E-state index in [9.17, 15) is 19.2 Å². The number of aromatic nitrogens is 2. The van der Waals surface area contributed by atoms with Crippen molar-refractivity contribution >= 4 is 28.5 Å². The summed E-state index contributed by atoms with van der Waals surface area (Å²) >= 11 is 0. The number of nitrogens with one attached hydrogen (secondary N) is 3. The van der Waals surface area contributed by atoms with Crippen molar-refractivity contribution in [1.82, 2.24) is 25.9 Å². The summed E-state index contributed by atoms with van der Waals surface area (Å²) in [6, 6.07) is 11.9. The molecule has 3 rings (SSSR count). The molecule has 0 radical (unpaired) electrons. The molecule has 3 amide bonds. The highest BCUT2D eigenvalue weighted by molar-refractivity contribution is 6.05. The highest BCUT2D eigenvalue weighted by Crippen LogP contribution is 2.13. The number of rotatable bonds is 5. The van der Waals surface area contributed by atoms with Crippen molar-refractivity contribution in [2.45, 2.75) is 27.3 Å². The summed E-state index contributed by atoms with van der Waals surface area (Å²) in [5.41, 5.74) is 6.71. The maximum Gasteiger partial charge on any atom is 0.290 e. The van der Waals surface area contributed by atoms with Gasteiger partial charge in [0.25, 0.3) is 23.3 Å². The first kappa shape index (κ1) is 21.7. The highest BCUT2D eigenvalue weighted by atomic mass is 16.2. The summed E-state index contributed by atoms with van der Waals surface area (Å²) in [6.07, 6.45) is 0. The number of aryl methyl sites for hydroxylation is 3. The third-order valence-corrected chi connectivity index (χ3v) is 4.88. The van der Waals surface area contributed by atoms with Crippen LogP contribution in [0, 0.1) is 13.8 Å². The predicted molar refractivity (Wildman–Crippen MR) is 116 cm³/mol. The van der Waals surface area contributed by atoms with Gasteiger partial charge in [-0.15, -0.1) is 0 Å². The minimum Gasteiger partial charge on any atom is -0.343 e. The number of fused-ring (bicyclic) bond motifs is 1. The molecule has 0 atom stereocenters. The standard InChI is InChI=1S/C22H23N5O4/c1-4-27-22(31)17-8-6-5-7-16(17)19(26-27)21(30)25-24-18(28)12-23-20(29)15-10-9-13(2)14(3)11-15/h5-11H,4,12H2,1-3H3,(H,23,29)(H,24,28)(H,25,30). The van der Waals surface area contributed by atoms with Crippen LogP contribution >= 0.6 is 0 Å². The van der Waals surface area contributed by atoms with E-state index in [0.29, 0.717) is 22.9 Å². The smallest absolute Gasteiger partial charge is 0.290 e. The number of nitrogens with zero attached hydrogens (tertiary/aromatic N) is 2. The van der Waals surface area contributed by atoms with Gasteiger partial charge in [0.1, 0.15) is 0 Å². The predicted octanol–water partition coefficient (Wildman–Crippen LogP) is 1.22. The fraction of sp³-hybridized carbons (Fsp3) is 0.227. The van der Waals surface area contributed by atoms with E-state index < -0.39 is 17.7 Å². The summed E-state index contributed by atoms with van der Waals surface area (Å²) in [7, 11) is 0. The molecule has 3 aromatic rings. The van der Waals surface area contributed by atoms with Gasteiger partial charge in [0, 0.05) is 17.5 Å². The number of carbonyl (C=O) groups excluding carboxylic acids is 3. The summed E-state index contributed by atoms with van der Waals surface area (Å²) in [6.45, 7) is 5.55. The lowest BCUT2D eigenvalue weighted by molar-refractivity contribution is -0.120. The number of hydrazine groups is 1. The quantitative estimate of drug-likeness (QED) is 0.535. The zero-order valence-corrected chi connectivity index (χ0v) is 17.5. The molecule has 0 spiro atoms. The second-order valence-corrected chi connectivity index (χ2v) is 7.00. The topological polar surface area (TPSA) is 122 Å². The van der Waals surface area contributed by atoms with Crippen molar-refractivity contribution in [1.29, 1.82) is 0 Å². The molecule has 0 saturated heterocycles. The van der Waals surface area contributed by atoms with Gasteiger partial charge in [0.05, 0.1) is 11.9 Å². The largest absolute Gasteiger partial charge is 0.343 e. The molecule has 160 valence electrons. The molecule has 0 bridgehead atoms. The lowest BCUT2D eigenvalue weighted by Crippen LogP contribution is -2.47. The Morgan fingerprint density at radius 2 is 1.65 bits per heavy atom. The molecule has 0 aliphatic rings. The Balaban J connectivity index is 1.64. The Kier molecular flexibility index (Phi) is 6.44. The number of benzene rings is 2. The van der Waals surface area contributed by atoms with E-state index in [1.165, 1.54) is 4.68 Å². The van der Waals surface area contributed by atoms with Gasteiger partial charge >= 0.3 is 0 Å². The average molecular weight is 421 g/mol.